The number of ether oxygens (including phenoxy) is 2. The highest BCUT2D eigenvalue weighted by atomic mass is 16.6. The van der Waals surface area contributed by atoms with Crippen LogP contribution in [0, 0.1) is 0 Å². The zero-order valence-corrected chi connectivity index (χ0v) is 23.1. The van der Waals surface area contributed by atoms with E-state index in [1.165, 1.54) is 0 Å². The molecule has 0 atom stereocenters. The number of carbonyl (C=O) groups is 3. The quantitative estimate of drug-likeness (QED) is 0.521. The summed E-state index contributed by atoms with van der Waals surface area (Å²) >= 11 is 0. The summed E-state index contributed by atoms with van der Waals surface area (Å²) in [4.78, 5) is 41.0. The number of amides is 3. The lowest BCUT2D eigenvalue weighted by atomic mass is 9.98. The summed E-state index contributed by atoms with van der Waals surface area (Å²) in [5.41, 5.74) is 4.39. The zero-order valence-electron chi connectivity index (χ0n) is 23.1. The van der Waals surface area contributed by atoms with Crippen LogP contribution in [-0.4, -0.2) is 52.2 Å². The Balaban J connectivity index is 1.34. The zero-order chi connectivity index (χ0) is 27.7. The van der Waals surface area contributed by atoms with Gasteiger partial charge in [-0.2, -0.15) is 0 Å². The van der Waals surface area contributed by atoms with Gasteiger partial charge in [-0.25, -0.2) is 9.59 Å². The molecule has 38 heavy (non-hydrogen) atoms. The molecule has 202 valence electrons. The molecule has 0 saturated carbocycles. The van der Waals surface area contributed by atoms with Gasteiger partial charge in [0.15, 0.2) is 0 Å². The Kier molecular flexibility index (Phi) is 7.54. The van der Waals surface area contributed by atoms with Crippen molar-refractivity contribution in [2.45, 2.75) is 72.3 Å². The highest BCUT2D eigenvalue weighted by Crippen LogP contribution is 2.28. The summed E-state index contributed by atoms with van der Waals surface area (Å²) in [5, 5.41) is 2.96. The average Bonchev–Trinajstić information content (AvgIpc) is 3.26. The van der Waals surface area contributed by atoms with E-state index in [9.17, 15) is 14.4 Å². The summed E-state index contributed by atoms with van der Waals surface area (Å²) in [6, 6.07) is 13.2. The number of nitrogens with zero attached hydrogens (tertiary/aromatic N) is 2. The van der Waals surface area contributed by atoms with Crippen LogP contribution in [0.1, 0.15) is 75.0 Å². The molecule has 2 aromatic carbocycles. The summed E-state index contributed by atoms with van der Waals surface area (Å²) in [7, 11) is 0. The normalized spacial score (nSPS) is 15.5. The molecule has 2 aromatic rings. The monoisotopic (exact) mass is 519 g/mol. The predicted octanol–water partition coefficient (Wildman–Crippen LogP) is 6.21. The molecule has 3 amide bonds. The Bertz CT molecular complexity index is 1250. The Morgan fingerprint density at radius 2 is 1.39 bits per heavy atom. The third kappa shape index (κ3) is 6.94. The van der Waals surface area contributed by atoms with Crippen LogP contribution in [0.3, 0.4) is 0 Å². The third-order valence-corrected chi connectivity index (χ3v) is 6.22. The van der Waals surface area contributed by atoms with Crippen LogP contribution in [0.2, 0.25) is 0 Å². The first-order valence-electron chi connectivity index (χ1n) is 13.0. The lowest BCUT2D eigenvalue weighted by molar-refractivity contribution is 0.0238. The van der Waals surface area contributed by atoms with Crippen molar-refractivity contribution < 1.29 is 23.9 Å². The molecule has 8 nitrogen and oxygen atoms in total. The Labute approximate surface area is 224 Å². The van der Waals surface area contributed by atoms with Crippen LogP contribution in [0.5, 0.6) is 0 Å². The van der Waals surface area contributed by atoms with Gasteiger partial charge in [0.05, 0.1) is 0 Å². The molecule has 0 bridgehead atoms. The van der Waals surface area contributed by atoms with E-state index in [1.54, 1.807) is 9.80 Å². The van der Waals surface area contributed by atoms with Crippen LogP contribution in [0.15, 0.2) is 48.5 Å². The van der Waals surface area contributed by atoms with E-state index < -0.39 is 11.2 Å². The minimum absolute atomic E-state index is 0.202. The predicted molar refractivity (Wildman–Crippen MR) is 147 cm³/mol. The number of rotatable bonds is 3. The van der Waals surface area contributed by atoms with Crippen molar-refractivity contribution in [3.63, 3.8) is 0 Å². The highest BCUT2D eigenvalue weighted by Gasteiger charge is 2.28. The fraction of sp³-hybridized carbons (Fsp3) is 0.433. The second kappa shape index (κ2) is 10.5. The average molecular weight is 520 g/mol. The molecule has 4 rings (SSSR count). The van der Waals surface area contributed by atoms with Crippen molar-refractivity contribution in [1.82, 2.24) is 9.80 Å². The molecule has 8 heteroatoms. The lowest BCUT2D eigenvalue weighted by Crippen LogP contribution is -2.39. The van der Waals surface area contributed by atoms with E-state index in [2.05, 4.69) is 5.32 Å². The van der Waals surface area contributed by atoms with Gasteiger partial charge in [0.25, 0.3) is 5.91 Å². The molecule has 0 saturated heterocycles. The number of carbonyl (C=O) groups excluding carboxylic acids is 3. The van der Waals surface area contributed by atoms with Gasteiger partial charge in [-0.1, -0.05) is 24.3 Å². The van der Waals surface area contributed by atoms with Crippen molar-refractivity contribution in [3.8, 4) is 0 Å². The van der Waals surface area contributed by atoms with Crippen molar-refractivity contribution in [2.24, 2.45) is 0 Å². The molecule has 0 aromatic heterocycles. The van der Waals surface area contributed by atoms with Gasteiger partial charge < -0.3 is 19.7 Å². The summed E-state index contributed by atoms with van der Waals surface area (Å²) in [6.07, 6.45) is 2.11. The van der Waals surface area contributed by atoms with Gasteiger partial charge in [-0.3, -0.25) is 9.69 Å². The van der Waals surface area contributed by atoms with Crippen LogP contribution < -0.4 is 5.32 Å². The smallest absolute Gasteiger partial charge is 0.410 e. The van der Waals surface area contributed by atoms with Crippen molar-refractivity contribution in [2.75, 3.05) is 18.4 Å². The number of nitrogens with one attached hydrogen (secondary N) is 1. The summed E-state index contributed by atoms with van der Waals surface area (Å²) in [6.45, 7) is 13.1. The SMILES string of the molecule is CC(C)(C)OC(=O)N1CC=C(c2ccc(C(=O)Nc3ccc4c(c3)CN(C(=O)OC(C)(C)C)C4)cc2)CC1. The van der Waals surface area contributed by atoms with E-state index in [0.717, 1.165) is 28.7 Å². The Morgan fingerprint density at radius 3 is 1.97 bits per heavy atom. The fourth-order valence-corrected chi connectivity index (χ4v) is 4.39. The summed E-state index contributed by atoms with van der Waals surface area (Å²) in [5.74, 6) is -0.202. The van der Waals surface area contributed by atoms with E-state index in [1.807, 2.05) is 90.1 Å². The molecule has 0 radical (unpaired) electrons. The van der Waals surface area contributed by atoms with Gasteiger partial charge in [0, 0.05) is 37.4 Å². The van der Waals surface area contributed by atoms with Gasteiger partial charge in [0.1, 0.15) is 11.2 Å². The molecular weight excluding hydrogens is 482 g/mol. The first kappa shape index (κ1) is 27.2. The van der Waals surface area contributed by atoms with Crippen LogP contribution in [0.4, 0.5) is 15.3 Å². The second-order valence-corrected chi connectivity index (χ2v) is 11.8. The maximum atomic E-state index is 12.9. The fourth-order valence-electron chi connectivity index (χ4n) is 4.39. The lowest BCUT2D eigenvalue weighted by Gasteiger charge is -2.29. The molecule has 1 N–H and O–H groups in total. The number of anilines is 1. The molecule has 0 unspecified atom stereocenters. The number of hydrogen-bond acceptors (Lipinski definition) is 5. The molecule has 2 aliphatic rings. The first-order chi connectivity index (χ1) is 17.8. The first-order valence-corrected chi connectivity index (χ1v) is 13.0. The number of benzene rings is 2. The van der Waals surface area contributed by atoms with Crippen LogP contribution >= 0.6 is 0 Å². The molecule has 0 fully saturated rings. The molecule has 0 aliphatic carbocycles. The largest absolute Gasteiger partial charge is 0.444 e. The number of fused-ring (bicyclic) bond motifs is 1. The second-order valence-electron chi connectivity index (χ2n) is 11.8. The van der Waals surface area contributed by atoms with E-state index in [4.69, 9.17) is 9.47 Å². The van der Waals surface area contributed by atoms with Gasteiger partial charge >= 0.3 is 12.2 Å². The Hall–Kier alpha value is -3.81. The van der Waals surface area contributed by atoms with Gasteiger partial charge in [-0.05, 0) is 94.5 Å². The summed E-state index contributed by atoms with van der Waals surface area (Å²) < 4.78 is 10.9. The Morgan fingerprint density at radius 1 is 0.789 bits per heavy atom. The maximum Gasteiger partial charge on any atom is 0.410 e. The van der Waals surface area contributed by atoms with Crippen molar-refractivity contribution >= 4 is 29.4 Å². The maximum absolute atomic E-state index is 12.9. The number of hydrogen-bond donors (Lipinski definition) is 1. The van der Waals surface area contributed by atoms with Crippen LogP contribution in [0.25, 0.3) is 5.57 Å². The van der Waals surface area contributed by atoms with E-state index in [-0.39, 0.29) is 18.1 Å². The van der Waals surface area contributed by atoms with E-state index >= 15 is 0 Å². The minimum Gasteiger partial charge on any atom is -0.444 e. The van der Waals surface area contributed by atoms with Gasteiger partial charge in [-0.15, -0.1) is 0 Å². The molecular formula is C30H37N3O5. The third-order valence-electron chi connectivity index (χ3n) is 6.22. The standard InChI is InChI=1S/C30H37N3O5/c1-29(2,3)37-27(35)32-15-13-21(14-16-32)20-7-9-22(10-8-20)26(34)31-25-12-11-23-18-33(19-24(23)17-25)28(36)38-30(4,5)6/h7-13,17H,14-16,18-19H2,1-6H3,(H,31,34). The van der Waals surface area contributed by atoms with Crippen molar-refractivity contribution in [3.05, 3.63) is 70.8 Å². The van der Waals surface area contributed by atoms with Crippen LogP contribution in [-0.2, 0) is 22.6 Å². The van der Waals surface area contributed by atoms with Gasteiger partial charge in [0.2, 0.25) is 0 Å². The van der Waals surface area contributed by atoms with Crippen molar-refractivity contribution in [1.29, 1.82) is 0 Å². The molecule has 2 aliphatic heterocycles. The minimum atomic E-state index is -0.547. The molecule has 0 spiro atoms. The molecule has 2 heterocycles. The topological polar surface area (TPSA) is 88.2 Å². The highest BCUT2D eigenvalue weighted by molar-refractivity contribution is 6.04. The van der Waals surface area contributed by atoms with E-state index in [0.29, 0.717) is 37.4 Å².